The zero-order valence-electron chi connectivity index (χ0n) is 10.5. The highest BCUT2D eigenvalue weighted by molar-refractivity contribution is 9.10. The van der Waals surface area contributed by atoms with Crippen molar-refractivity contribution in [3.05, 3.63) is 63.9 Å². The molecule has 1 unspecified atom stereocenters. The van der Waals surface area contributed by atoms with Gasteiger partial charge in [0.2, 0.25) is 0 Å². The molecule has 0 saturated carbocycles. The third-order valence-electron chi connectivity index (χ3n) is 2.84. The zero-order chi connectivity index (χ0) is 13.8. The van der Waals surface area contributed by atoms with Gasteiger partial charge in [0.25, 0.3) is 0 Å². The Morgan fingerprint density at radius 1 is 1.26 bits per heavy atom. The van der Waals surface area contributed by atoms with Crippen molar-refractivity contribution < 1.29 is 4.39 Å². The fraction of sp³-hybridized carbons (Fsp3) is 0.125. The average molecular weight is 318 g/mol. The maximum atomic E-state index is 13.8. The predicted octanol–water partition coefficient (Wildman–Crippen LogP) is 4.74. The van der Waals surface area contributed by atoms with Crippen LogP contribution >= 0.6 is 15.9 Å². The van der Waals surface area contributed by atoms with Gasteiger partial charge in [0.15, 0.2) is 0 Å². The first-order chi connectivity index (χ1) is 9.10. The second-order valence-corrected chi connectivity index (χ2v) is 5.17. The first kappa shape index (κ1) is 13.6. The molecule has 0 bridgehead atoms. The lowest BCUT2D eigenvalue weighted by Crippen LogP contribution is -2.08. The quantitative estimate of drug-likeness (QED) is 0.806. The molecule has 0 saturated heterocycles. The minimum absolute atomic E-state index is 0.138. The predicted molar refractivity (Wildman–Crippen MR) is 80.5 cm³/mol. The lowest BCUT2D eigenvalue weighted by molar-refractivity contribution is 0.599. The summed E-state index contributed by atoms with van der Waals surface area (Å²) in [4.78, 5) is 0. The number of halogens is 2. The monoisotopic (exact) mass is 317 g/mol. The van der Waals surface area contributed by atoms with Crippen molar-refractivity contribution >= 4 is 21.6 Å². The van der Waals surface area contributed by atoms with Crippen molar-refractivity contribution in [1.29, 1.82) is 0 Å². The lowest BCUT2D eigenvalue weighted by Gasteiger charge is -2.16. The molecule has 2 aromatic carbocycles. The van der Waals surface area contributed by atoms with Gasteiger partial charge in [-0.15, -0.1) is 6.42 Å². The normalized spacial score (nSPS) is 11.7. The van der Waals surface area contributed by atoms with Gasteiger partial charge < -0.3 is 5.32 Å². The Morgan fingerprint density at radius 2 is 2.05 bits per heavy atom. The highest BCUT2D eigenvalue weighted by atomic mass is 79.9. The van der Waals surface area contributed by atoms with E-state index in [0.717, 1.165) is 15.7 Å². The molecule has 1 atom stereocenters. The van der Waals surface area contributed by atoms with E-state index >= 15 is 0 Å². The van der Waals surface area contributed by atoms with Gasteiger partial charge in [0.05, 0.1) is 6.04 Å². The molecule has 0 spiro atoms. The van der Waals surface area contributed by atoms with Crippen LogP contribution in [0.3, 0.4) is 0 Å². The summed E-state index contributed by atoms with van der Waals surface area (Å²) in [6.45, 7) is 1.91. The molecule has 0 aliphatic heterocycles. The maximum Gasteiger partial charge on any atom is 0.129 e. The standard InChI is InChI=1S/C16H13BrFN/c1-3-12-5-4-6-14(9-12)19-11(2)15-8-7-13(17)10-16(15)18/h1,4-11,19H,2H3. The van der Waals surface area contributed by atoms with Gasteiger partial charge in [-0.25, -0.2) is 4.39 Å². The summed E-state index contributed by atoms with van der Waals surface area (Å²) in [5, 5.41) is 3.24. The van der Waals surface area contributed by atoms with E-state index in [9.17, 15) is 4.39 Å². The lowest BCUT2D eigenvalue weighted by atomic mass is 10.1. The molecule has 0 amide bonds. The first-order valence-corrected chi connectivity index (χ1v) is 6.67. The van der Waals surface area contributed by atoms with E-state index in [0.29, 0.717) is 5.56 Å². The average Bonchev–Trinajstić information content (AvgIpc) is 2.38. The second-order valence-electron chi connectivity index (χ2n) is 4.26. The molecule has 3 heteroatoms. The number of anilines is 1. The number of nitrogens with one attached hydrogen (secondary N) is 1. The Balaban J connectivity index is 2.20. The molecule has 0 heterocycles. The van der Waals surface area contributed by atoms with Crippen molar-refractivity contribution in [2.45, 2.75) is 13.0 Å². The Bertz CT molecular complexity index is 631. The maximum absolute atomic E-state index is 13.8. The Morgan fingerprint density at radius 3 is 2.74 bits per heavy atom. The molecule has 0 aliphatic carbocycles. The molecule has 0 aliphatic rings. The van der Waals surface area contributed by atoms with Crippen LogP contribution in [0.1, 0.15) is 24.1 Å². The summed E-state index contributed by atoms with van der Waals surface area (Å²) >= 11 is 3.25. The Labute approximate surface area is 121 Å². The van der Waals surface area contributed by atoms with Crippen LogP contribution in [0.15, 0.2) is 46.9 Å². The van der Waals surface area contributed by atoms with E-state index in [1.54, 1.807) is 6.07 Å². The molecule has 0 aromatic heterocycles. The van der Waals surface area contributed by atoms with Crippen molar-refractivity contribution in [1.82, 2.24) is 0 Å². The van der Waals surface area contributed by atoms with E-state index in [2.05, 4.69) is 27.2 Å². The number of terminal acetylenes is 1. The number of rotatable bonds is 3. The zero-order valence-corrected chi connectivity index (χ0v) is 12.0. The van der Waals surface area contributed by atoms with Gasteiger partial charge in [-0.1, -0.05) is 34.0 Å². The van der Waals surface area contributed by atoms with Crippen LogP contribution in [0, 0.1) is 18.2 Å². The topological polar surface area (TPSA) is 12.0 Å². The summed E-state index contributed by atoms with van der Waals surface area (Å²) in [6, 6.07) is 12.4. The fourth-order valence-corrected chi connectivity index (χ4v) is 2.21. The number of hydrogen-bond donors (Lipinski definition) is 1. The van der Waals surface area contributed by atoms with E-state index in [-0.39, 0.29) is 11.9 Å². The molecule has 1 N–H and O–H groups in total. The highest BCUT2D eigenvalue weighted by Crippen LogP contribution is 2.24. The van der Waals surface area contributed by atoms with Crippen molar-refractivity contribution in [2.24, 2.45) is 0 Å². The summed E-state index contributed by atoms with van der Waals surface area (Å²) in [7, 11) is 0. The van der Waals surface area contributed by atoms with E-state index in [1.165, 1.54) is 6.07 Å². The minimum Gasteiger partial charge on any atom is -0.378 e. The van der Waals surface area contributed by atoms with Gasteiger partial charge in [0, 0.05) is 21.3 Å². The molecule has 0 fully saturated rings. The molecule has 2 aromatic rings. The van der Waals surface area contributed by atoms with Crippen molar-refractivity contribution in [2.75, 3.05) is 5.32 Å². The van der Waals surface area contributed by atoms with E-state index < -0.39 is 0 Å². The minimum atomic E-state index is -0.234. The van der Waals surface area contributed by atoms with Crippen molar-refractivity contribution in [3.63, 3.8) is 0 Å². The Hall–Kier alpha value is -1.79. The third-order valence-corrected chi connectivity index (χ3v) is 3.33. The van der Waals surface area contributed by atoms with Crippen LogP contribution < -0.4 is 5.32 Å². The smallest absolute Gasteiger partial charge is 0.129 e. The molecule has 96 valence electrons. The molecular formula is C16H13BrFN. The van der Waals surface area contributed by atoms with Gasteiger partial charge in [-0.2, -0.15) is 0 Å². The molecule has 19 heavy (non-hydrogen) atoms. The third kappa shape index (κ3) is 3.36. The highest BCUT2D eigenvalue weighted by Gasteiger charge is 2.11. The van der Waals surface area contributed by atoms with Gasteiger partial charge in [0.1, 0.15) is 5.82 Å². The first-order valence-electron chi connectivity index (χ1n) is 5.88. The summed E-state index contributed by atoms with van der Waals surface area (Å²) < 4.78 is 14.6. The Kier molecular flexibility index (Phi) is 4.24. The summed E-state index contributed by atoms with van der Waals surface area (Å²) in [6.07, 6.45) is 5.36. The SMILES string of the molecule is C#Cc1cccc(NC(C)c2ccc(Br)cc2F)c1. The number of benzene rings is 2. The van der Waals surface area contributed by atoms with E-state index in [1.807, 2.05) is 37.3 Å². The fourth-order valence-electron chi connectivity index (χ4n) is 1.88. The van der Waals surface area contributed by atoms with Crippen LogP contribution in [0.4, 0.5) is 10.1 Å². The number of hydrogen-bond acceptors (Lipinski definition) is 1. The molecule has 2 rings (SSSR count). The van der Waals surface area contributed by atoms with Crippen LogP contribution in [-0.2, 0) is 0 Å². The molecular weight excluding hydrogens is 305 g/mol. The van der Waals surface area contributed by atoms with Crippen LogP contribution in [0.5, 0.6) is 0 Å². The largest absolute Gasteiger partial charge is 0.378 e. The van der Waals surface area contributed by atoms with Gasteiger partial charge in [-0.3, -0.25) is 0 Å². The summed E-state index contributed by atoms with van der Waals surface area (Å²) in [5.74, 6) is 2.35. The van der Waals surface area contributed by atoms with Crippen LogP contribution in [0.25, 0.3) is 0 Å². The van der Waals surface area contributed by atoms with Crippen molar-refractivity contribution in [3.8, 4) is 12.3 Å². The second kappa shape index (κ2) is 5.90. The summed E-state index contributed by atoms with van der Waals surface area (Å²) in [5.41, 5.74) is 2.30. The van der Waals surface area contributed by atoms with Crippen LogP contribution in [-0.4, -0.2) is 0 Å². The molecule has 0 radical (unpaired) electrons. The molecule has 1 nitrogen and oxygen atoms in total. The van der Waals surface area contributed by atoms with E-state index in [4.69, 9.17) is 6.42 Å². The van der Waals surface area contributed by atoms with Gasteiger partial charge in [-0.05, 0) is 37.3 Å². The van der Waals surface area contributed by atoms with Crippen LogP contribution in [0.2, 0.25) is 0 Å². The van der Waals surface area contributed by atoms with Gasteiger partial charge >= 0.3 is 0 Å².